The van der Waals surface area contributed by atoms with E-state index in [9.17, 15) is 9.18 Å². The van der Waals surface area contributed by atoms with Crippen molar-refractivity contribution in [3.05, 3.63) is 70.0 Å². The molecule has 24 heavy (non-hydrogen) atoms. The highest BCUT2D eigenvalue weighted by molar-refractivity contribution is 5.88. The maximum atomic E-state index is 14.1. The lowest BCUT2D eigenvalue weighted by Gasteiger charge is -2.16. The topological polar surface area (TPSA) is 37.3 Å². The number of carboxylic acid groups (broad SMARTS) is 1. The lowest BCUT2D eigenvalue weighted by atomic mass is 9.89. The predicted octanol–water partition coefficient (Wildman–Crippen LogP) is 5.45. The Labute approximate surface area is 140 Å². The minimum Gasteiger partial charge on any atom is -0.478 e. The number of carboxylic acids is 1. The molecule has 0 amide bonds. The zero-order valence-electron chi connectivity index (χ0n) is 13.6. The van der Waals surface area contributed by atoms with Crippen LogP contribution in [0.4, 0.5) is 4.39 Å². The van der Waals surface area contributed by atoms with E-state index in [0.29, 0.717) is 11.5 Å². The van der Waals surface area contributed by atoms with Crippen LogP contribution in [0, 0.1) is 5.82 Å². The lowest BCUT2D eigenvalue weighted by Crippen LogP contribution is -1.99. The smallest absolute Gasteiger partial charge is 0.335 e. The molecule has 4 rings (SSSR count). The number of carbonyl (C=O) groups is 1. The van der Waals surface area contributed by atoms with Crippen molar-refractivity contribution in [3.63, 3.8) is 0 Å². The van der Waals surface area contributed by atoms with Crippen molar-refractivity contribution in [2.75, 3.05) is 0 Å². The molecular weight excluding hydrogens is 303 g/mol. The molecule has 2 atom stereocenters. The van der Waals surface area contributed by atoms with E-state index in [-0.39, 0.29) is 5.56 Å². The van der Waals surface area contributed by atoms with Gasteiger partial charge in [-0.1, -0.05) is 24.3 Å². The Morgan fingerprint density at radius 2 is 1.79 bits per heavy atom. The molecule has 1 N–H and O–H groups in total. The highest BCUT2D eigenvalue weighted by atomic mass is 19.1. The van der Waals surface area contributed by atoms with E-state index in [0.717, 1.165) is 23.1 Å². The first kappa shape index (κ1) is 15.1. The quantitative estimate of drug-likeness (QED) is 0.763. The van der Waals surface area contributed by atoms with E-state index in [4.69, 9.17) is 5.11 Å². The molecule has 0 spiro atoms. The maximum absolute atomic E-state index is 14.1. The molecule has 2 bridgehead atoms. The number of halogens is 1. The van der Waals surface area contributed by atoms with Crippen molar-refractivity contribution in [3.8, 4) is 0 Å². The number of hydrogen-bond donors (Lipinski definition) is 1. The summed E-state index contributed by atoms with van der Waals surface area (Å²) in [5, 5.41) is 8.92. The maximum Gasteiger partial charge on any atom is 0.335 e. The van der Waals surface area contributed by atoms with Gasteiger partial charge in [-0.3, -0.25) is 0 Å². The second kappa shape index (κ2) is 5.59. The largest absolute Gasteiger partial charge is 0.478 e. The molecule has 2 unspecified atom stereocenters. The van der Waals surface area contributed by atoms with Crippen LogP contribution in [0.3, 0.4) is 0 Å². The zero-order chi connectivity index (χ0) is 16.8. The molecule has 2 aromatic carbocycles. The summed E-state index contributed by atoms with van der Waals surface area (Å²) in [5.74, 6) is -0.182. The van der Waals surface area contributed by atoms with E-state index >= 15 is 0 Å². The van der Waals surface area contributed by atoms with E-state index in [1.165, 1.54) is 42.5 Å². The third-order valence-corrected chi connectivity index (χ3v) is 5.47. The third kappa shape index (κ3) is 2.44. The van der Waals surface area contributed by atoms with Gasteiger partial charge in [0, 0.05) is 5.56 Å². The van der Waals surface area contributed by atoms with Crippen molar-refractivity contribution in [1.82, 2.24) is 0 Å². The average Bonchev–Trinajstić information content (AvgIpc) is 3.18. The molecule has 1 saturated carbocycles. The summed E-state index contributed by atoms with van der Waals surface area (Å²) in [6.07, 6.45) is 5.67. The Hall–Kier alpha value is -2.42. The van der Waals surface area contributed by atoms with Gasteiger partial charge >= 0.3 is 5.97 Å². The molecule has 0 heterocycles. The molecule has 3 heteroatoms. The number of allylic oxidation sites excluding steroid dienone is 1. The van der Waals surface area contributed by atoms with Crippen LogP contribution in [0.5, 0.6) is 0 Å². The van der Waals surface area contributed by atoms with E-state index in [1.807, 2.05) is 6.92 Å². The predicted molar refractivity (Wildman–Crippen MR) is 92.7 cm³/mol. The van der Waals surface area contributed by atoms with Crippen LogP contribution in [0.1, 0.15) is 70.6 Å². The molecular formula is C21H19FO2. The van der Waals surface area contributed by atoms with Crippen molar-refractivity contribution >= 4 is 17.6 Å². The van der Waals surface area contributed by atoms with Crippen molar-refractivity contribution < 1.29 is 14.3 Å². The summed E-state index contributed by atoms with van der Waals surface area (Å²) in [6.45, 7) is 1.97. The van der Waals surface area contributed by atoms with Gasteiger partial charge in [-0.2, -0.15) is 0 Å². The molecule has 0 radical (unpaired) electrons. The number of fused-ring (bicyclic) bond motifs is 5. The standard InChI is InChI=1S/C21H19FO2/c1-12(8-16-4-5-17(21(23)24)11-20(16)22)13-6-7-18-14-2-3-15(9-14)19(18)10-13/h4-8,10-11,14-15H,2-3,9H2,1H3,(H,23,24)/b12-8+. The Bertz CT molecular complexity index is 866. The summed E-state index contributed by atoms with van der Waals surface area (Å²) in [4.78, 5) is 10.9. The van der Waals surface area contributed by atoms with Crippen molar-refractivity contribution in [2.45, 2.75) is 38.0 Å². The number of hydrogen-bond acceptors (Lipinski definition) is 1. The minimum absolute atomic E-state index is 0.0316. The summed E-state index contributed by atoms with van der Waals surface area (Å²) >= 11 is 0. The first-order chi connectivity index (χ1) is 11.5. The molecule has 2 aliphatic carbocycles. The molecule has 0 aliphatic heterocycles. The summed E-state index contributed by atoms with van der Waals surface area (Å²) < 4.78 is 14.1. The molecule has 1 fully saturated rings. The fourth-order valence-corrected chi connectivity index (χ4v) is 4.19. The molecule has 2 nitrogen and oxygen atoms in total. The Morgan fingerprint density at radius 3 is 2.50 bits per heavy atom. The Balaban J connectivity index is 1.67. The molecule has 2 aliphatic rings. The van der Waals surface area contributed by atoms with Crippen LogP contribution in [0.25, 0.3) is 11.6 Å². The van der Waals surface area contributed by atoms with Gasteiger partial charge in [0.2, 0.25) is 0 Å². The van der Waals surface area contributed by atoms with Gasteiger partial charge in [0.1, 0.15) is 5.82 Å². The van der Waals surface area contributed by atoms with Gasteiger partial charge in [-0.05, 0) is 78.5 Å². The Morgan fingerprint density at radius 1 is 1.08 bits per heavy atom. The molecule has 2 aromatic rings. The third-order valence-electron chi connectivity index (χ3n) is 5.47. The number of aromatic carboxylic acids is 1. The van der Waals surface area contributed by atoms with Gasteiger partial charge in [-0.15, -0.1) is 0 Å². The zero-order valence-corrected chi connectivity index (χ0v) is 13.6. The van der Waals surface area contributed by atoms with Crippen LogP contribution in [-0.2, 0) is 0 Å². The van der Waals surface area contributed by atoms with Gasteiger partial charge in [0.15, 0.2) is 0 Å². The van der Waals surface area contributed by atoms with Crippen LogP contribution in [0.2, 0.25) is 0 Å². The number of rotatable bonds is 3. The van der Waals surface area contributed by atoms with Gasteiger partial charge in [0.05, 0.1) is 5.56 Å². The fraction of sp³-hybridized carbons (Fsp3) is 0.286. The second-order valence-electron chi connectivity index (χ2n) is 6.92. The van der Waals surface area contributed by atoms with Crippen LogP contribution >= 0.6 is 0 Å². The van der Waals surface area contributed by atoms with E-state index < -0.39 is 11.8 Å². The monoisotopic (exact) mass is 322 g/mol. The minimum atomic E-state index is -1.12. The average molecular weight is 322 g/mol. The SMILES string of the molecule is C/C(=C\c1ccc(C(=O)O)cc1F)c1ccc2c(c1)C1CCC2C1. The van der Waals surface area contributed by atoms with Gasteiger partial charge in [0.25, 0.3) is 0 Å². The van der Waals surface area contributed by atoms with Gasteiger partial charge < -0.3 is 5.11 Å². The van der Waals surface area contributed by atoms with Crippen molar-refractivity contribution in [1.29, 1.82) is 0 Å². The molecule has 0 aromatic heterocycles. The molecule has 122 valence electrons. The second-order valence-corrected chi connectivity index (χ2v) is 6.92. The first-order valence-electron chi connectivity index (χ1n) is 8.38. The highest BCUT2D eigenvalue weighted by Crippen LogP contribution is 2.53. The summed E-state index contributed by atoms with van der Waals surface area (Å²) in [5.41, 5.74) is 5.46. The lowest BCUT2D eigenvalue weighted by molar-refractivity contribution is 0.0696. The van der Waals surface area contributed by atoms with E-state index in [1.54, 1.807) is 6.08 Å². The summed E-state index contributed by atoms with van der Waals surface area (Å²) in [7, 11) is 0. The van der Waals surface area contributed by atoms with Crippen LogP contribution < -0.4 is 0 Å². The van der Waals surface area contributed by atoms with Crippen LogP contribution in [0.15, 0.2) is 36.4 Å². The van der Waals surface area contributed by atoms with Crippen LogP contribution in [-0.4, -0.2) is 11.1 Å². The summed E-state index contributed by atoms with van der Waals surface area (Å²) in [6, 6.07) is 10.6. The van der Waals surface area contributed by atoms with E-state index in [2.05, 4.69) is 18.2 Å². The first-order valence-corrected chi connectivity index (χ1v) is 8.38. The fourth-order valence-electron chi connectivity index (χ4n) is 4.19. The van der Waals surface area contributed by atoms with Crippen molar-refractivity contribution in [2.24, 2.45) is 0 Å². The number of benzene rings is 2. The highest BCUT2D eigenvalue weighted by Gasteiger charge is 2.36. The van der Waals surface area contributed by atoms with Gasteiger partial charge in [-0.25, -0.2) is 9.18 Å². The molecule has 0 saturated heterocycles. The Kier molecular flexibility index (Phi) is 3.52. The normalized spacial score (nSPS) is 21.8.